The molecule has 0 saturated carbocycles. The number of carbonyl (C=O) groups excluding carboxylic acids is 1. The highest BCUT2D eigenvalue weighted by Crippen LogP contribution is 2.31. The lowest BCUT2D eigenvalue weighted by atomic mass is 10.2. The van der Waals surface area contributed by atoms with Crippen LogP contribution in [-0.2, 0) is 4.79 Å². The van der Waals surface area contributed by atoms with E-state index in [0.717, 1.165) is 34.1 Å². The van der Waals surface area contributed by atoms with E-state index in [0.29, 0.717) is 9.47 Å². The van der Waals surface area contributed by atoms with E-state index in [1.165, 1.54) is 11.3 Å². The summed E-state index contributed by atoms with van der Waals surface area (Å²) >= 11 is 5.73. The zero-order valence-electron chi connectivity index (χ0n) is 14.2. The molecule has 0 saturated heterocycles. The minimum absolute atomic E-state index is 0.425. The molecule has 1 aromatic heterocycles. The molecular formula is C17H12BrF3N4OS2. The molecule has 3 rings (SSSR count). The Bertz CT molecular complexity index is 1020. The van der Waals surface area contributed by atoms with Crippen LogP contribution in [0.2, 0.25) is 0 Å². The van der Waals surface area contributed by atoms with Gasteiger partial charge in [-0.15, -0.1) is 10.2 Å². The SMILES string of the molecule is CC(Sc1nnc(Nc2cccc(Br)c2)s1)C(=O)Nc1ccc(F)c(F)c1F. The number of nitrogens with zero attached hydrogens (tertiary/aromatic N) is 2. The van der Waals surface area contributed by atoms with Crippen LogP contribution in [-0.4, -0.2) is 21.4 Å². The van der Waals surface area contributed by atoms with Crippen molar-refractivity contribution in [2.75, 3.05) is 10.6 Å². The highest BCUT2D eigenvalue weighted by molar-refractivity contribution is 9.10. The Morgan fingerprint density at radius 1 is 1.18 bits per heavy atom. The van der Waals surface area contributed by atoms with Crippen molar-refractivity contribution in [1.29, 1.82) is 0 Å². The average Bonchev–Trinajstić information content (AvgIpc) is 3.09. The summed E-state index contributed by atoms with van der Waals surface area (Å²) in [5.74, 6) is -4.98. The number of aromatic nitrogens is 2. The van der Waals surface area contributed by atoms with Gasteiger partial charge in [-0.05, 0) is 37.3 Å². The van der Waals surface area contributed by atoms with Crippen LogP contribution in [0.4, 0.5) is 29.7 Å². The third-order valence-electron chi connectivity index (χ3n) is 3.42. The quantitative estimate of drug-likeness (QED) is 0.350. The van der Waals surface area contributed by atoms with Crippen LogP contribution in [0.25, 0.3) is 0 Å². The molecule has 2 aromatic carbocycles. The van der Waals surface area contributed by atoms with Crippen molar-refractivity contribution < 1.29 is 18.0 Å². The van der Waals surface area contributed by atoms with Crippen LogP contribution < -0.4 is 10.6 Å². The number of hydrogen-bond donors (Lipinski definition) is 2. The smallest absolute Gasteiger partial charge is 0.237 e. The van der Waals surface area contributed by atoms with Gasteiger partial charge < -0.3 is 10.6 Å². The normalized spacial score (nSPS) is 11.9. The van der Waals surface area contributed by atoms with Crippen LogP contribution in [0.1, 0.15) is 6.92 Å². The molecule has 0 bridgehead atoms. The first-order valence-corrected chi connectivity index (χ1v) is 10.3. The van der Waals surface area contributed by atoms with E-state index in [4.69, 9.17) is 0 Å². The summed E-state index contributed by atoms with van der Waals surface area (Å²) in [4.78, 5) is 12.2. The maximum atomic E-state index is 13.7. The molecule has 11 heteroatoms. The average molecular weight is 489 g/mol. The molecule has 0 spiro atoms. The third-order valence-corrected chi connectivity index (χ3v) is 5.94. The van der Waals surface area contributed by atoms with Gasteiger partial charge in [0.2, 0.25) is 11.0 Å². The Balaban J connectivity index is 1.62. The molecule has 1 unspecified atom stereocenters. The summed E-state index contributed by atoms with van der Waals surface area (Å²) in [5.41, 5.74) is 0.396. The molecular weight excluding hydrogens is 477 g/mol. The third kappa shape index (κ3) is 5.03. The molecule has 0 aliphatic heterocycles. The van der Waals surface area contributed by atoms with E-state index in [1.807, 2.05) is 24.3 Å². The molecule has 146 valence electrons. The molecule has 5 nitrogen and oxygen atoms in total. The molecule has 0 fully saturated rings. The predicted molar refractivity (Wildman–Crippen MR) is 108 cm³/mol. The maximum absolute atomic E-state index is 13.7. The molecule has 1 amide bonds. The van der Waals surface area contributed by atoms with Crippen LogP contribution in [0.15, 0.2) is 45.2 Å². The fourth-order valence-corrected chi connectivity index (χ4v) is 4.37. The van der Waals surface area contributed by atoms with Crippen molar-refractivity contribution in [3.8, 4) is 0 Å². The number of carbonyl (C=O) groups is 1. The molecule has 28 heavy (non-hydrogen) atoms. The number of rotatable bonds is 6. The second-order valence-corrected chi connectivity index (χ2v) is 8.96. The van der Waals surface area contributed by atoms with Gasteiger partial charge in [0.15, 0.2) is 21.8 Å². The minimum Gasteiger partial charge on any atom is -0.330 e. The van der Waals surface area contributed by atoms with Crippen molar-refractivity contribution in [3.63, 3.8) is 0 Å². The lowest BCUT2D eigenvalue weighted by molar-refractivity contribution is -0.115. The van der Waals surface area contributed by atoms with E-state index >= 15 is 0 Å². The second-order valence-electron chi connectivity index (χ2n) is 5.48. The van der Waals surface area contributed by atoms with Crippen LogP contribution in [0.3, 0.4) is 0 Å². The van der Waals surface area contributed by atoms with Crippen molar-refractivity contribution in [2.45, 2.75) is 16.5 Å². The Hall–Kier alpha value is -2.11. The Kier molecular flexibility index (Phi) is 6.57. The molecule has 3 aromatic rings. The van der Waals surface area contributed by atoms with Gasteiger partial charge in [-0.2, -0.15) is 0 Å². The number of thioether (sulfide) groups is 1. The van der Waals surface area contributed by atoms with Crippen molar-refractivity contribution in [3.05, 3.63) is 58.3 Å². The van der Waals surface area contributed by atoms with E-state index in [9.17, 15) is 18.0 Å². The minimum atomic E-state index is -1.63. The topological polar surface area (TPSA) is 66.9 Å². The van der Waals surface area contributed by atoms with Crippen molar-refractivity contribution in [1.82, 2.24) is 10.2 Å². The monoisotopic (exact) mass is 488 g/mol. The molecule has 0 aliphatic rings. The summed E-state index contributed by atoms with van der Waals surface area (Å²) < 4.78 is 41.3. The lowest BCUT2D eigenvalue weighted by Crippen LogP contribution is -2.23. The molecule has 0 aliphatic carbocycles. The van der Waals surface area contributed by atoms with Gasteiger partial charge in [0, 0.05) is 10.2 Å². The number of benzene rings is 2. The number of amides is 1. The number of halogens is 4. The van der Waals surface area contributed by atoms with Gasteiger partial charge >= 0.3 is 0 Å². The van der Waals surface area contributed by atoms with Gasteiger partial charge in [0.05, 0.1) is 10.9 Å². The summed E-state index contributed by atoms with van der Waals surface area (Å²) in [7, 11) is 0. The first-order chi connectivity index (χ1) is 13.3. The first-order valence-electron chi connectivity index (χ1n) is 7.80. The van der Waals surface area contributed by atoms with Crippen LogP contribution in [0, 0.1) is 17.5 Å². The Morgan fingerprint density at radius 3 is 2.71 bits per heavy atom. The zero-order chi connectivity index (χ0) is 20.3. The Labute approximate surface area is 174 Å². The molecule has 1 heterocycles. The fourth-order valence-electron chi connectivity index (χ4n) is 2.06. The van der Waals surface area contributed by atoms with E-state index in [-0.39, 0.29) is 0 Å². The van der Waals surface area contributed by atoms with Crippen molar-refractivity contribution in [2.24, 2.45) is 0 Å². The van der Waals surface area contributed by atoms with Gasteiger partial charge in [-0.25, -0.2) is 13.2 Å². The van der Waals surface area contributed by atoms with E-state index in [2.05, 4.69) is 36.8 Å². The number of nitrogens with one attached hydrogen (secondary N) is 2. The summed E-state index contributed by atoms with van der Waals surface area (Å²) in [6.45, 7) is 1.58. The standard InChI is InChI=1S/C17H12BrF3N4OS2/c1-8(15(26)23-12-6-5-11(19)13(20)14(12)21)27-17-25-24-16(28-17)22-10-4-2-3-9(18)7-10/h2-8H,1H3,(H,22,24)(H,23,26). The molecule has 0 radical (unpaired) electrons. The summed E-state index contributed by atoms with van der Waals surface area (Å²) in [6, 6.07) is 9.21. The van der Waals surface area contributed by atoms with Crippen LogP contribution >= 0.6 is 39.0 Å². The lowest BCUT2D eigenvalue weighted by Gasteiger charge is -2.11. The van der Waals surface area contributed by atoms with Gasteiger partial charge in [0.25, 0.3) is 0 Å². The van der Waals surface area contributed by atoms with Gasteiger partial charge in [0.1, 0.15) is 0 Å². The second kappa shape index (κ2) is 8.93. The van der Waals surface area contributed by atoms with E-state index in [1.54, 1.807) is 6.92 Å². The highest BCUT2D eigenvalue weighted by Gasteiger charge is 2.20. The van der Waals surface area contributed by atoms with E-state index < -0.39 is 34.3 Å². The predicted octanol–water partition coefficient (Wildman–Crippen LogP) is 5.58. The molecule has 1 atom stereocenters. The summed E-state index contributed by atoms with van der Waals surface area (Å²) in [6.07, 6.45) is 0. The Morgan fingerprint density at radius 2 is 1.96 bits per heavy atom. The van der Waals surface area contributed by atoms with Gasteiger partial charge in [-0.1, -0.05) is 45.1 Å². The largest absolute Gasteiger partial charge is 0.330 e. The van der Waals surface area contributed by atoms with Crippen LogP contribution in [0.5, 0.6) is 0 Å². The van der Waals surface area contributed by atoms with Crippen molar-refractivity contribution >= 4 is 61.4 Å². The van der Waals surface area contributed by atoms with Gasteiger partial charge in [-0.3, -0.25) is 4.79 Å². The highest BCUT2D eigenvalue weighted by atomic mass is 79.9. The molecule has 2 N–H and O–H groups in total. The fraction of sp³-hybridized carbons (Fsp3) is 0.118. The zero-order valence-corrected chi connectivity index (χ0v) is 17.4. The summed E-state index contributed by atoms with van der Waals surface area (Å²) in [5, 5.41) is 13.2. The maximum Gasteiger partial charge on any atom is 0.237 e. The number of hydrogen-bond acceptors (Lipinski definition) is 6. The number of anilines is 3. The first kappa shape index (κ1) is 20.6.